The van der Waals surface area contributed by atoms with E-state index in [1.165, 1.54) is 36.9 Å². The zero-order valence-corrected chi connectivity index (χ0v) is 11.6. The lowest BCUT2D eigenvalue weighted by molar-refractivity contribution is 0.185. The molecule has 0 heterocycles. The molecule has 1 saturated carbocycles. The third-order valence-electron chi connectivity index (χ3n) is 4.00. The molecule has 1 aromatic rings. The van der Waals surface area contributed by atoms with Gasteiger partial charge in [0, 0.05) is 19.3 Å². The van der Waals surface area contributed by atoms with Crippen molar-refractivity contribution in [1.29, 1.82) is 0 Å². The fourth-order valence-electron chi connectivity index (χ4n) is 2.68. The van der Waals surface area contributed by atoms with Crippen LogP contribution in [0.4, 0.5) is 5.69 Å². The molecule has 0 saturated heterocycles. The van der Waals surface area contributed by atoms with Gasteiger partial charge in [0.25, 0.3) is 0 Å². The Bertz CT molecular complexity index is 339. The van der Waals surface area contributed by atoms with Crippen LogP contribution in [0.1, 0.15) is 38.2 Å². The van der Waals surface area contributed by atoms with Crippen LogP contribution in [0.2, 0.25) is 0 Å². The zero-order valence-electron chi connectivity index (χ0n) is 11.6. The van der Waals surface area contributed by atoms with Crippen molar-refractivity contribution in [3.8, 4) is 0 Å². The Morgan fingerprint density at radius 1 is 1.11 bits per heavy atom. The van der Waals surface area contributed by atoms with Gasteiger partial charge in [-0.25, -0.2) is 0 Å². The normalized spacial score (nSPS) is 23.9. The Hall–Kier alpha value is -1.02. The summed E-state index contributed by atoms with van der Waals surface area (Å²) in [4.78, 5) is 0. The van der Waals surface area contributed by atoms with Crippen LogP contribution < -0.4 is 5.32 Å². The number of anilines is 1. The monoisotopic (exact) mass is 247 g/mol. The summed E-state index contributed by atoms with van der Waals surface area (Å²) in [7, 11) is 1.73. The van der Waals surface area contributed by atoms with Crippen molar-refractivity contribution in [2.75, 3.05) is 19.0 Å². The molecule has 18 heavy (non-hydrogen) atoms. The Morgan fingerprint density at radius 2 is 1.78 bits per heavy atom. The molecule has 0 spiro atoms. The molecular formula is C16H25NO. The molecule has 1 N–H and O–H groups in total. The highest BCUT2D eigenvalue weighted by atomic mass is 16.5. The van der Waals surface area contributed by atoms with Crippen LogP contribution in [0.3, 0.4) is 0 Å². The van der Waals surface area contributed by atoms with E-state index in [0.29, 0.717) is 6.61 Å². The van der Waals surface area contributed by atoms with E-state index in [4.69, 9.17) is 4.74 Å². The third-order valence-corrected chi connectivity index (χ3v) is 4.00. The van der Waals surface area contributed by atoms with Crippen molar-refractivity contribution in [3.05, 3.63) is 29.8 Å². The smallest absolute Gasteiger partial charge is 0.0713 e. The van der Waals surface area contributed by atoms with Crippen molar-refractivity contribution in [2.24, 2.45) is 11.8 Å². The molecule has 0 aliphatic heterocycles. The zero-order chi connectivity index (χ0) is 12.8. The Morgan fingerprint density at radius 3 is 2.39 bits per heavy atom. The molecule has 1 aliphatic carbocycles. The molecule has 0 radical (unpaired) electrons. The minimum Gasteiger partial charge on any atom is -0.385 e. The SMILES string of the molecule is COCc1ccc(NCC2CCC(C)CC2)cc1. The minimum absolute atomic E-state index is 0.695. The largest absolute Gasteiger partial charge is 0.385 e. The highest BCUT2D eigenvalue weighted by Crippen LogP contribution is 2.28. The van der Waals surface area contributed by atoms with Gasteiger partial charge in [-0.2, -0.15) is 0 Å². The van der Waals surface area contributed by atoms with E-state index in [9.17, 15) is 0 Å². The molecule has 1 fully saturated rings. The second-order valence-electron chi connectivity index (χ2n) is 5.64. The second kappa shape index (κ2) is 6.79. The van der Waals surface area contributed by atoms with Crippen LogP contribution in [0.15, 0.2) is 24.3 Å². The summed E-state index contributed by atoms with van der Waals surface area (Å²) in [6.45, 7) is 4.19. The molecule has 2 rings (SSSR count). The van der Waals surface area contributed by atoms with Crippen molar-refractivity contribution in [3.63, 3.8) is 0 Å². The topological polar surface area (TPSA) is 21.3 Å². The van der Waals surface area contributed by atoms with Gasteiger partial charge >= 0.3 is 0 Å². The van der Waals surface area contributed by atoms with Gasteiger partial charge < -0.3 is 10.1 Å². The first-order valence-corrected chi connectivity index (χ1v) is 7.09. The lowest BCUT2D eigenvalue weighted by atomic mass is 9.83. The quantitative estimate of drug-likeness (QED) is 0.846. The van der Waals surface area contributed by atoms with Gasteiger partial charge in [-0.05, 0) is 42.4 Å². The van der Waals surface area contributed by atoms with Crippen molar-refractivity contribution < 1.29 is 4.74 Å². The fourth-order valence-corrected chi connectivity index (χ4v) is 2.68. The molecule has 0 atom stereocenters. The lowest BCUT2D eigenvalue weighted by Crippen LogP contribution is -2.20. The molecule has 2 nitrogen and oxygen atoms in total. The van der Waals surface area contributed by atoms with E-state index in [2.05, 4.69) is 36.5 Å². The first-order valence-electron chi connectivity index (χ1n) is 7.09. The van der Waals surface area contributed by atoms with E-state index in [0.717, 1.165) is 18.4 Å². The molecule has 0 aromatic heterocycles. The van der Waals surface area contributed by atoms with Crippen LogP contribution in [0.25, 0.3) is 0 Å². The Labute approximate surface area is 111 Å². The van der Waals surface area contributed by atoms with Crippen molar-refractivity contribution >= 4 is 5.69 Å². The molecule has 0 amide bonds. The summed E-state index contributed by atoms with van der Waals surface area (Å²) in [5.41, 5.74) is 2.46. The maximum Gasteiger partial charge on any atom is 0.0713 e. The van der Waals surface area contributed by atoms with Crippen molar-refractivity contribution in [1.82, 2.24) is 0 Å². The van der Waals surface area contributed by atoms with Crippen LogP contribution in [0, 0.1) is 11.8 Å². The number of methoxy groups -OCH3 is 1. The van der Waals surface area contributed by atoms with Gasteiger partial charge in [-0.15, -0.1) is 0 Å². The Balaban J connectivity index is 1.76. The van der Waals surface area contributed by atoms with E-state index in [1.807, 2.05) is 0 Å². The molecular weight excluding hydrogens is 222 g/mol. The number of hydrogen-bond acceptors (Lipinski definition) is 2. The second-order valence-corrected chi connectivity index (χ2v) is 5.64. The summed E-state index contributed by atoms with van der Waals surface area (Å²) in [6, 6.07) is 8.57. The van der Waals surface area contributed by atoms with Crippen LogP contribution in [-0.2, 0) is 11.3 Å². The summed E-state index contributed by atoms with van der Waals surface area (Å²) < 4.78 is 5.11. The van der Waals surface area contributed by atoms with Gasteiger partial charge in [0.15, 0.2) is 0 Å². The van der Waals surface area contributed by atoms with Crippen LogP contribution in [-0.4, -0.2) is 13.7 Å². The number of ether oxygens (including phenoxy) is 1. The maximum atomic E-state index is 5.11. The van der Waals surface area contributed by atoms with Gasteiger partial charge in [0.2, 0.25) is 0 Å². The third kappa shape index (κ3) is 4.02. The van der Waals surface area contributed by atoms with E-state index < -0.39 is 0 Å². The molecule has 0 unspecified atom stereocenters. The highest BCUT2D eigenvalue weighted by molar-refractivity contribution is 5.44. The summed E-state index contributed by atoms with van der Waals surface area (Å²) in [5, 5.41) is 3.56. The van der Waals surface area contributed by atoms with Crippen LogP contribution >= 0.6 is 0 Å². The van der Waals surface area contributed by atoms with Gasteiger partial charge in [-0.1, -0.05) is 31.9 Å². The average molecular weight is 247 g/mol. The maximum absolute atomic E-state index is 5.11. The predicted octanol–water partition coefficient (Wildman–Crippen LogP) is 4.07. The lowest BCUT2D eigenvalue weighted by Gasteiger charge is -2.26. The van der Waals surface area contributed by atoms with E-state index in [1.54, 1.807) is 7.11 Å². The number of nitrogens with one attached hydrogen (secondary N) is 1. The molecule has 0 bridgehead atoms. The fraction of sp³-hybridized carbons (Fsp3) is 0.625. The first kappa shape index (κ1) is 13.4. The van der Waals surface area contributed by atoms with Gasteiger partial charge in [-0.3, -0.25) is 0 Å². The molecule has 2 heteroatoms. The minimum atomic E-state index is 0.695. The van der Waals surface area contributed by atoms with E-state index >= 15 is 0 Å². The molecule has 1 aliphatic rings. The molecule has 100 valence electrons. The summed E-state index contributed by atoms with van der Waals surface area (Å²) >= 11 is 0. The highest BCUT2D eigenvalue weighted by Gasteiger charge is 2.17. The number of benzene rings is 1. The van der Waals surface area contributed by atoms with E-state index in [-0.39, 0.29) is 0 Å². The van der Waals surface area contributed by atoms with Gasteiger partial charge in [0.05, 0.1) is 6.61 Å². The van der Waals surface area contributed by atoms with Crippen molar-refractivity contribution in [2.45, 2.75) is 39.2 Å². The van der Waals surface area contributed by atoms with Gasteiger partial charge in [0.1, 0.15) is 0 Å². The summed E-state index contributed by atoms with van der Waals surface area (Å²) in [5.74, 6) is 1.80. The predicted molar refractivity (Wildman–Crippen MR) is 76.8 cm³/mol. The Kier molecular flexibility index (Phi) is 5.06. The average Bonchev–Trinajstić information content (AvgIpc) is 2.40. The summed E-state index contributed by atoms with van der Waals surface area (Å²) in [6.07, 6.45) is 5.57. The molecule has 1 aromatic carbocycles. The number of hydrogen-bond donors (Lipinski definition) is 1. The number of rotatable bonds is 5. The van der Waals surface area contributed by atoms with Crippen LogP contribution in [0.5, 0.6) is 0 Å². The first-order chi connectivity index (χ1) is 8.78. The standard InChI is InChI=1S/C16H25NO/c1-13-3-5-14(6-4-13)11-17-16-9-7-15(8-10-16)12-18-2/h7-10,13-14,17H,3-6,11-12H2,1-2H3.